The topological polar surface area (TPSA) is 27.3 Å². The molecule has 0 spiro atoms. The third kappa shape index (κ3) is 4.81. The first-order valence-electron chi connectivity index (χ1n) is 4.90. The van der Waals surface area contributed by atoms with Crippen molar-refractivity contribution in [3.8, 4) is 0 Å². The standard InChI is InChI=1S/C9H21N3.ClH/c1-10-5-3-4-9-8-11-6-7-12(9)2;/h9-11H,3-8H2,1-2H3;1H. The summed E-state index contributed by atoms with van der Waals surface area (Å²) in [6.45, 7) is 4.66. The lowest BCUT2D eigenvalue weighted by molar-refractivity contribution is 0.188. The molecular weight excluding hydrogens is 186 g/mol. The summed E-state index contributed by atoms with van der Waals surface area (Å²) in [5.41, 5.74) is 0. The minimum absolute atomic E-state index is 0. The fraction of sp³-hybridized carbons (Fsp3) is 1.00. The average Bonchev–Trinajstić information content (AvgIpc) is 2.09. The van der Waals surface area contributed by atoms with Crippen molar-refractivity contribution in [1.82, 2.24) is 15.5 Å². The van der Waals surface area contributed by atoms with E-state index in [1.54, 1.807) is 0 Å². The van der Waals surface area contributed by atoms with E-state index in [9.17, 15) is 0 Å². The van der Waals surface area contributed by atoms with Crippen molar-refractivity contribution in [2.45, 2.75) is 18.9 Å². The van der Waals surface area contributed by atoms with Crippen LogP contribution in [0.25, 0.3) is 0 Å². The number of likely N-dealkylation sites (N-methyl/N-ethyl adjacent to an activating group) is 1. The summed E-state index contributed by atoms with van der Waals surface area (Å²) >= 11 is 0. The minimum atomic E-state index is 0. The molecule has 13 heavy (non-hydrogen) atoms. The Hall–Kier alpha value is 0.170. The van der Waals surface area contributed by atoms with E-state index in [4.69, 9.17) is 0 Å². The summed E-state index contributed by atoms with van der Waals surface area (Å²) in [6, 6.07) is 0.757. The van der Waals surface area contributed by atoms with Crippen LogP contribution in [0.4, 0.5) is 0 Å². The van der Waals surface area contributed by atoms with Crippen LogP contribution < -0.4 is 10.6 Å². The Balaban J connectivity index is 0.00000144. The average molecular weight is 208 g/mol. The van der Waals surface area contributed by atoms with Gasteiger partial charge in [0.1, 0.15) is 0 Å². The van der Waals surface area contributed by atoms with Crippen LogP contribution in [0.15, 0.2) is 0 Å². The molecule has 80 valence electrons. The second kappa shape index (κ2) is 7.56. The van der Waals surface area contributed by atoms with E-state index in [0.717, 1.165) is 19.1 Å². The Bertz CT molecular complexity index is 121. The lowest BCUT2D eigenvalue weighted by atomic mass is 10.1. The molecule has 1 saturated heterocycles. The van der Waals surface area contributed by atoms with Crippen molar-refractivity contribution in [2.24, 2.45) is 0 Å². The molecule has 0 radical (unpaired) electrons. The highest BCUT2D eigenvalue weighted by molar-refractivity contribution is 5.85. The van der Waals surface area contributed by atoms with Gasteiger partial charge in [0.25, 0.3) is 0 Å². The van der Waals surface area contributed by atoms with Gasteiger partial charge in [0.2, 0.25) is 0 Å². The number of halogens is 1. The molecule has 1 aliphatic heterocycles. The summed E-state index contributed by atoms with van der Waals surface area (Å²) in [6.07, 6.45) is 2.59. The molecular formula is C9H22ClN3. The van der Waals surface area contributed by atoms with E-state index >= 15 is 0 Å². The van der Waals surface area contributed by atoms with Gasteiger partial charge in [0.05, 0.1) is 0 Å². The molecule has 2 N–H and O–H groups in total. The van der Waals surface area contributed by atoms with E-state index in [1.165, 1.54) is 25.9 Å². The summed E-state index contributed by atoms with van der Waals surface area (Å²) in [4.78, 5) is 2.46. The number of nitrogens with one attached hydrogen (secondary N) is 2. The van der Waals surface area contributed by atoms with Gasteiger partial charge < -0.3 is 15.5 Å². The lowest BCUT2D eigenvalue weighted by Gasteiger charge is -2.33. The minimum Gasteiger partial charge on any atom is -0.320 e. The van der Waals surface area contributed by atoms with Gasteiger partial charge in [0, 0.05) is 25.7 Å². The summed E-state index contributed by atoms with van der Waals surface area (Å²) in [7, 11) is 4.24. The Kier molecular flexibility index (Phi) is 7.66. The SMILES string of the molecule is CNCCCC1CNCCN1C.Cl. The van der Waals surface area contributed by atoms with E-state index in [2.05, 4.69) is 22.6 Å². The van der Waals surface area contributed by atoms with E-state index in [1.807, 2.05) is 7.05 Å². The number of piperazine rings is 1. The first-order valence-corrected chi connectivity index (χ1v) is 4.90. The van der Waals surface area contributed by atoms with Gasteiger partial charge in [-0.05, 0) is 33.5 Å². The van der Waals surface area contributed by atoms with Crippen molar-refractivity contribution in [1.29, 1.82) is 0 Å². The van der Waals surface area contributed by atoms with Gasteiger partial charge in [0.15, 0.2) is 0 Å². The van der Waals surface area contributed by atoms with Crippen molar-refractivity contribution in [2.75, 3.05) is 40.3 Å². The van der Waals surface area contributed by atoms with Gasteiger partial charge >= 0.3 is 0 Å². The number of rotatable bonds is 4. The third-order valence-electron chi connectivity index (χ3n) is 2.61. The van der Waals surface area contributed by atoms with Crippen LogP contribution in [-0.2, 0) is 0 Å². The molecule has 1 aliphatic rings. The number of hydrogen-bond acceptors (Lipinski definition) is 3. The molecule has 0 amide bonds. The van der Waals surface area contributed by atoms with Gasteiger partial charge in [-0.15, -0.1) is 12.4 Å². The molecule has 3 nitrogen and oxygen atoms in total. The Labute approximate surface area is 87.7 Å². The molecule has 1 atom stereocenters. The predicted octanol–water partition coefficient (Wildman–Crippen LogP) is 0.311. The highest BCUT2D eigenvalue weighted by Gasteiger charge is 2.16. The van der Waals surface area contributed by atoms with Crippen LogP contribution in [0.1, 0.15) is 12.8 Å². The number of nitrogens with zero attached hydrogens (tertiary/aromatic N) is 1. The molecule has 0 aromatic carbocycles. The molecule has 1 heterocycles. The molecule has 0 aromatic heterocycles. The van der Waals surface area contributed by atoms with E-state index in [0.29, 0.717) is 0 Å². The zero-order chi connectivity index (χ0) is 8.81. The van der Waals surface area contributed by atoms with Crippen molar-refractivity contribution in [3.63, 3.8) is 0 Å². The molecule has 0 bridgehead atoms. The van der Waals surface area contributed by atoms with E-state index in [-0.39, 0.29) is 12.4 Å². The highest BCUT2D eigenvalue weighted by atomic mass is 35.5. The quantitative estimate of drug-likeness (QED) is 0.650. The van der Waals surface area contributed by atoms with Gasteiger partial charge in [-0.25, -0.2) is 0 Å². The van der Waals surface area contributed by atoms with Crippen LogP contribution >= 0.6 is 12.4 Å². The molecule has 1 unspecified atom stereocenters. The van der Waals surface area contributed by atoms with Crippen LogP contribution in [-0.4, -0.2) is 51.2 Å². The highest BCUT2D eigenvalue weighted by Crippen LogP contribution is 2.06. The van der Waals surface area contributed by atoms with Crippen molar-refractivity contribution in [3.05, 3.63) is 0 Å². The van der Waals surface area contributed by atoms with Crippen LogP contribution in [0, 0.1) is 0 Å². The largest absolute Gasteiger partial charge is 0.320 e. The van der Waals surface area contributed by atoms with Crippen LogP contribution in [0.5, 0.6) is 0 Å². The Morgan fingerprint density at radius 3 is 2.92 bits per heavy atom. The fourth-order valence-corrected chi connectivity index (χ4v) is 1.70. The van der Waals surface area contributed by atoms with Crippen molar-refractivity contribution < 1.29 is 0 Å². The molecule has 1 rings (SSSR count). The maximum absolute atomic E-state index is 3.43. The first-order chi connectivity index (χ1) is 5.84. The molecule has 0 aliphatic carbocycles. The predicted molar refractivity (Wildman–Crippen MR) is 59.7 cm³/mol. The summed E-state index contributed by atoms with van der Waals surface area (Å²) in [5, 5.41) is 6.61. The monoisotopic (exact) mass is 207 g/mol. The second-order valence-electron chi connectivity index (χ2n) is 3.58. The Morgan fingerprint density at radius 2 is 2.31 bits per heavy atom. The molecule has 0 saturated carbocycles. The maximum Gasteiger partial charge on any atom is 0.0218 e. The lowest BCUT2D eigenvalue weighted by Crippen LogP contribution is -2.49. The van der Waals surface area contributed by atoms with Gasteiger partial charge in [-0.2, -0.15) is 0 Å². The molecule has 1 fully saturated rings. The summed E-state index contributed by atoms with van der Waals surface area (Å²) in [5.74, 6) is 0. The zero-order valence-corrected chi connectivity index (χ0v) is 9.49. The third-order valence-corrected chi connectivity index (χ3v) is 2.61. The number of hydrogen-bond donors (Lipinski definition) is 2. The fourth-order valence-electron chi connectivity index (χ4n) is 1.70. The normalized spacial score (nSPS) is 24.0. The van der Waals surface area contributed by atoms with E-state index < -0.39 is 0 Å². The van der Waals surface area contributed by atoms with Gasteiger partial charge in [-0.1, -0.05) is 0 Å². The van der Waals surface area contributed by atoms with Crippen LogP contribution in [0.2, 0.25) is 0 Å². The zero-order valence-electron chi connectivity index (χ0n) is 8.68. The molecule has 0 aromatic rings. The van der Waals surface area contributed by atoms with Crippen LogP contribution in [0.3, 0.4) is 0 Å². The van der Waals surface area contributed by atoms with Gasteiger partial charge in [-0.3, -0.25) is 0 Å². The second-order valence-corrected chi connectivity index (χ2v) is 3.58. The first kappa shape index (κ1) is 13.2. The molecule has 4 heteroatoms. The summed E-state index contributed by atoms with van der Waals surface area (Å²) < 4.78 is 0. The smallest absolute Gasteiger partial charge is 0.0218 e. The Morgan fingerprint density at radius 1 is 1.54 bits per heavy atom. The maximum atomic E-state index is 3.43. The van der Waals surface area contributed by atoms with Crippen molar-refractivity contribution >= 4 is 12.4 Å².